The summed E-state index contributed by atoms with van der Waals surface area (Å²) in [7, 11) is 3.41. The van der Waals surface area contributed by atoms with Crippen molar-refractivity contribution in [1.82, 2.24) is 49.5 Å². The maximum Gasteiger partial charge on any atom is 0.355 e. The fraction of sp³-hybridized carbons (Fsp3) is 0.474. The van der Waals surface area contributed by atoms with Crippen LogP contribution >= 0.6 is 15.9 Å². The van der Waals surface area contributed by atoms with Gasteiger partial charge in [0.1, 0.15) is 51.1 Å². The molecule has 3 N–H and O–H groups in total. The first-order valence-corrected chi connectivity index (χ1v) is 30.3. The van der Waals surface area contributed by atoms with Crippen molar-refractivity contribution in [3.8, 4) is 17.0 Å². The van der Waals surface area contributed by atoms with Gasteiger partial charge in [-0.2, -0.15) is 0 Å². The highest BCUT2D eigenvalue weighted by Gasteiger charge is 2.33. The van der Waals surface area contributed by atoms with E-state index in [-0.39, 0.29) is 41.1 Å². The van der Waals surface area contributed by atoms with Crippen LogP contribution in [-0.2, 0) is 57.6 Å². The number of ether oxygens (including phenoxy) is 8. The fourth-order valence-corrected chi connectivity index (χ4v) is 10.7. The van der Waals surface area contributed by atoms with Gasteiger partial charge in [-0.3, -0.25) is 33.3 Å². The Morgan fingerprint density at radius 2 is 1.43 bits per heavy atom. The molecule has 474 valence electrons. The summed E-state index contributed by atoms with van der Waals surface area (Å²) < 4.78 is 98.1. The lowest BCUT2D eigenvalue weighted by Crippen LogP contribution is -2.52. The van der Waals surface area contributed by atoms with Gasteiger partial charge in [0.15, 0.2) is 0 Å². The number of aromatic nitrogens is 3. The van der Waals surface area contributed by atoms with Crippen molar-refractivity contribution in [3.05, 3.63) is 124 Å². The van der Waals surface area contributed by atoms with Crippen LogP contribution in [0, 0.1) is 11.6 Å². The SMILES string of the molecule is C1COCCN1.COC(=O)/C(=C/N(C)C)N1CCOCC1.COC(=O)CN1CCOCC1.COc1ncc(-c2ccc3ncc(N4CCOCC4)c(=O)n3c2)cc1NS(=O)(=O)c1ccc(F)cc1F.O=C1C(N2CCOCC2)=CNC2C=CC(Br)=CN12. The molecule has 10 heterocycles. The summed E-state index contributed by atoms with van der Waals surface area (Å²) in [5, 5.41) is 6.39. The monoisotopic (exact) mass is 1300 g/mol. The number of morpholine rings is 5. The first-order valence-electron chi connectivity index (χ1n) is 28.0. The minimum absolute atomic E-state index is 0.0296. The second-order valence-electron chi connectivity index (χ2n) is 19.9. The quantitative estimate of drug-likeness (QED) is 0.136. The van der Waals surface area contributed by atoms with Gasteiger partial charge in [0.05, 0.1) is 100 Å². The number of rotatable bonds is 12. The molecule has 11 rings (SSSR count). The number of methoxy groups -OCH3 is 3. The summed E-state index contributed by atoms with van der Waals surface area (Å²) in [5.41, 5.74) is 2.83. The van der Waals surface area contributed by atoms with E-state index in [0.29, 0.717) is 99.2 Å². The van der Waals surface area contributed by atoms with Crippen LogP contribution in [-0.4, -0.2) is 245 Å². The number of allylic oxidation sites excluding steroid dienone is 2. The number of nitrogens with zero attached hydrogens (tertiary/aromatic N) is 9. The van der Waals surface area contributed by atoms with Crippen LogP contribution in [0.5, 0.6) is 5.88 Å². The molecule has 0 spiro atoms. The summed E-state index contributed by atoms with van der Waals surface area (Å²) in [6, 6.07) is 6.95. The Labute approximate surface area is 512 Å². The lowest BCUT2D eigenvalue weighted by molar-refractivity contribution is -0.143. The number of anilines is 2. The number of benzene rings is 1. The van der Waals surface area contributed by atoms with Crippen molar-refractivity contribution in [3.63, 3.8) is 0 Å². The highest BCUT2D eigenvalue weighted by molar-refractivity contribution is 9.11. The van der Waals surface area contributed by atoms with E-state index in [1.54, 1.807) is 35.6 Å². The molecule has 5 saturated heterocycles. The number of hydrogen-bond acceptors (Lipinski definition) is 23. The number of halogens is 3. The Morgan fingerprint density at radius 1 is 0.793 bits per heavy atom. The number of esters is 2. The zero-order valence-corrected chi connectivity index (χ0v) is 51.7. The van der Waals surface area contributed by atoms with Crippen molar-refractivity contribution in [2.24, 2.45) is 0 Å². The highest BCUT2D eigenvalue weighted by Crippen LogP contribution is 2.31. The van der Waals surface area contributed by atoms with E-state index in [9.17, 15) is 36.4 Å². The average Bonchev–Trinajstić information content (AvgIpc) is 1.59. The van der Waals surface area contributed by atoms with Gasteiger partial charge in [-0.15, -0.1) is 0 Å². The van der Waals surface area contributed by atoms with E-state index in [1.165, 1.54) is 38.0 Å². The fourth-order valence-electron chi connectivity index (χ4n) is 9.18. The van der Waals surface area contributed by atoms with Crippen LogP contribution in [0.25, 0.3) is 16.8 Å². The first-order chi connectivity index (χ1) is 42.0. The number of pyridine rings is 2. The zero-order chi connectivity index (χ0) is 62.3. The predicted octanol–water partition coefficient (Wildman–Crippen LogP) is 2.40. The van der Waals surface area contributed by atoms with Gasteiger partial charge in [0, 0.05) is 132 Å². The van der Waals surface area contributed by atoms with Crippen LogP contribution in [0.1, 0.15) is 0 Å². The Balaban J connectivity index is 0.000000179. The standard InChI is InChI=1S/C24H21F2N5O5S.C12H14BrN3O2.C10H18N2O3.C7H13NO3.C4H9NO/c1-35-23-19(29-37(33,34)21-4-3-17(25)11-18(21)26)10-16(12-28-23)15-2-5-22-27-13-20(24(32)31(22)14-15)30-6-8-36-9-7-30;13-9-1-2-11-14-7-10(12(17)16(11)8-9)15-3-5-18-6-4-15;1-11(2)8-9(10(13)14-3)12-4-6-15-7-5-12;1-10-7(9)6-8-2-4-11-5-3-8;1-3-6-4-2-5-1/h2-5,10-14,29H,6-9H2,1H3;1-2,7-8,11,14H,3-6H2;8H,4-7H2,1-3H3;2-6H2,1H3;5H,1-4H2/b;;9-8-;;. The van der Waals surface area contributed by atoms with Crippen LogP contribution in [0.2, 0.25) is 0 Å². The second kappa shape index (κ2) is 33.7. The average molecular weight is 1300 g/mol. The van der Waals surface area contributed by atoms with E-state index in [1.807, 2.05) is 58.2 Å². The summed E-state index contributed by atoms with van der Waals surface area (Å²) in [6.07, 6.45) is 13.8. The van der Waals surface area contributed by atoms with Crippen molar-refractivity contribution < 1.29 is 69.5 Å². The molecule has 1 atom stereocenters. The van der Waals surface area contributed by atoms with Gasteiger partial charge in [-0.1, -0.05) is 0 Å². The van der Waals surface area contributed by atoms with Gasteiger partial charge in [-0.25, -0.2) is 32.0 Å². The Morgan fingerprint density at radius 3 is 2.01 bits per heavy atom. The molecule has 0 bridgehead atoms. The number of nitrogens with one attached hydrogen (secondary N) is 3. The van der Waals surface area contributed by atoms with Gasteiger partial charge >= 0.3 is 11.9 Å². The smallest absolute Gasteiger partial charge is 0.355 e. The molecule has 7 aliphatic heterocycles. The molecule has 1 unspecified atom stereocenters. The molecule has 0 aliphatic carbocycles. The van der Waals surface area contributed by atoms with Gasteiger partial charge in [0.2, 0.25) is 5.88 Å². The number of amides is 1. The zero-order valence-electron chi connectivity index (χ0n) is 49.3. The van der Waals surface area contributed by atoms with Crippen molar-refractivity contribution in [1.29, 1.82) is 0 Å². The molecule has 1 aromatic carbocycles. The minimum atomic E-state index is -4.44. The third kappa shape index (κ3) is 19.6. The normalized spacial score (nSPS) is 18.8. The van der Waals surface area contributed by atoms with Crippen LogP contribution < -0.4 is 30.6 Å². The molecular weight excluding hydrogens is 1230 g/mol. The van der Waals surface area contributed by atoms with E-state index in [0.717, 1.165) is 95.4 Å². The molecule has 30 heteroatoms. The number of hydrogen-bond donors (Lipinski definition) is 3. The van der Waals surface area contributed by atoms with E-state index in [2.05, 4.69) is 50.9 Å². The van der Waals surface area contributed by atoms with Crippen molar-refractivity contribution in [2.45, 2.75) is 11.1 Å². The van der Waals surface area contributed by atoms with E-state index >= 15 is 0 Å². The molecule has 26 nitrogen and oxygen atoms in total. The Bertz CT molecular complexity index is 3250. The van der Waals surface area contributed by atoms with Crippen LogP contribution in [0.4, 0.5) is 20.2 Å². The molecule has 3 aromatic heterocycles. The molecular formula is C57H75BrF2N12O14S. The van der Waals surface area contributed by atoms with Crippen molar-refractivity contribution in [2.75, 3.05) is 183 Å². The van der Waals surface area contributed by atoms with E-state index < -0.39 is 26.6 Å². The molecule has 87 heavy (non-hydrogen) atoms. The molecule has 7 aliphatic rings. The largest absolute Gasteiger partial charge is 0.480 e. The third-order valence-corrected chi connectivity index (χ3v) is 15.6. The minimum Gasteiger partial charge on any atom is -0.480 e. The second-order valence-corrected chi connectivity index (χ2v) is 22.4. The maximum absolute atomic E-state index is 14.2. The summed E-state index contributed by atoms with van der Waals surface area (Å²) in [5.74, 6) is -2.66. The van der Waals surface area contributed by atoms with E-state index in [4.69, 9.17) is 33.2 Å². The molecule has 0 saturated carbocycles. The third-order valence-electron chi connectivity index (χ3n) is 13.7. The van der Waals surface area contributed by atoms with Gasteiger partial charge < -0.3 is 68.1 Å². The molecule has 0 radical (unpaired) electrons. The molecule has 1 amide bonds. The number of fused-ring (bicyclic) bond motifs is 2. The lowest BCUT2D eigenvalue weighted by atomic mass is 10.1. The number of sulfonamides is 1. The summed E-state index contributed by atoms with van der Waals surface area (Å²) >= 11 is 3.39. The molecule has 5 fully saturated rings. The van der Waals surface area contributed by atoms with Crippen molar-refractivity contribution >= 4 is 60.8 Å². The first kappa shape index (κ1) is 67.2. The number of carbonyl (C=O) groups is 3. The Hall–Kier alpha value is -7.29. The Kier molecular flexibility index (Phi) is 26.1. The van der Waals surface area contributed by atoms with Crippen LogP contribution in [0.3, 0.4) is 0 Å². The molecule has 4 aromatic rings. The van der Waals surface area contributed by atoms with Gasteiger partial charge in [0.25, 0.3) is 21.5 Å². The maximum atomic E-state index is 14.2. The topological polar surface area (TPSA) is 262 Å². The van der Waals surface area contributed by atoms with Crippen LogP contribution in [0.15, 0.2) is 111 Å². The highest BCUT2D eigenvalue weighted by atomic mass is 79.9. The summed E-state index contributed by atoms with van der Waals surface area (Å²) in [6.45, 7) is 15.1. The number of carbonyl (C=O) groups excluding carboxylic acids is 3. The summed E-state index contributed by atoms with van der Waals surface area (Å²) in [4.78, 5) is 67.3. The predicted molar refractivity (Wildman–Crippen MR) is 321 cm³/mol. The van der Waals surface area contributed by atoms with Gasteiger partial charge in [-0.05, 0) is 58.4 Å². The lowest BCUT2D eigenvalue weighted by Gasteiger charge is -2.38.